The highest BCUT2D eigenvalue weighted by molar-refractivity contribution is 7.15. The van der Waals surface area contributed by atoms with E-state index >= 15 is 0 Å². The van der Waals surface area contributed by atoms with E-state index in [0.717, 1.165) is 16.7 Å². The molecule has 0 aliphatic rings. The van der Waals surface area contributed by atoms with Gasteiger partial charge in [-0.3, -0.25) is 9.59 Å². The van der Waals surface area contributed by atoms with E-state index in [4.69, 9.17) is 0 Å². The summed E-state index contributed by atoms with van der Waals surface area (Å²) >= 11 is 1.40. The summed E-state index contributed by atoms with van der Waals surface area (Å²) in [6, 6.07) is 19.4. The van der Waals surface area contributed by atoms with E-state index in [0.29, 0.717) is 23.7 Å². The zero-order valence-corrected chi connectivity index (χ0v) is 17.0. The fourth-order valence-electron chi connectivity index (χ4n) is 3.11. The molecular formula is C23H24N2O2S. The van der Waals surface area contributed by atoms with Gasteiger partial charge in [-0.2, -0.15) is 0 Å². The maximum absolute atomic E-state index is 13.2. The average molecular weight is 393 g/mol. The zero-order valence-electron chi connectivity index (χ0n) is 16.1. The Morgan fingerprint density at radius 3 is 2.14 bits per heavy atom. The maximum Gasteiger partial charge on any atom is 0.257 e. The lowest BCUT2D eigenvalue weighted by Gasteiger charge is -2.20. The molecule has 0 atom stereocenters. The van der Waals surface area contributed by atoms with Crippen LogP contribution in [0.15, 0.2) is 66.0 Å². The maximum atomic E-state index is 13.2. The van der Waals surface area contributed by atoms with Crippen molar-refractivity contribution in [3.05, 3.63) is 77.2 Å². The molecule has 5 heteroatoms. The molecule has 1 N–H and O–H groups in total. The lowest BCUT2D eigenvalue weighted by molar-refractivity contribution is -0.115. The van der Waals surface area contributed by atoms with Gasteiger partial charge < -0.3 is 10.2 Å². The third-order valence-electron chi connectivity index (χ3n) is 4.60. The first-order chi connectivity index (χ1) is 13.6. The van der Waals surface area contributed by atoms with Crippen molar-refractivity contribution in [2.45, 2.75) is 20.3 Å². The second-order valence-electron chi connectivity index (χ2n) is 6.41. The predicted octanol–water partition coefficient (Wildman–Crippen LogP) is 5.08. The Hall–Kier alpha value is -2.92. The summed E-state index contributed by atoms with van der Waals surface area (Å²) in [7, 11) is 0. The summed E-state index contributed by atoms with van der Waals surface area (Å²) in [6.07, 6.45) is 0.276. The molecule has 144 valence electrons. The van der Waals surface area contributed by atoms with Gasteiger partial charge in [0, 0.05) is 24.0 Å². The van der Waals surface area contributed by atoms with Crippen molar-refractivity contribution in [2.24, 2.45) is 0 Å². The number of nitrogens with zero attached hydrogens (tertiary/aromatic N) is 1. The third-order valence-corrected chi connectivity index (χ3v) is 5.50. The molecule has 0 saturated carbocycles. The van der Waals surface area contributed by atoms with E-state index in [1.165, 1.54) is 11.3 Å². The highest BCUT2D eigenvalue weighted by Crippen LogP contribution is 2.36. The number of amides is 2. The van der Waals surface area contributed by atoms with Gasteiger partial charge in [-0.1, -0.05) is 60.7 Å². The second kappa shape index (κ2) is 9.33. The molecule has 3 rings (SSSR count). The monoisotopic (exact) mass is 392 g/mol. The molecule has 0 radical (unpaired) electrons. The van der Waals surface area contributed by atoms with E-state index in [9.17, 15) is 9.59 Å². The van der Waals surface area contributed by atoms with Crippen LogP contribution in [0.5, 0.6) is 0 Å². The number of carbonyl (C=O) groups is 2. The summed E-state index contributed by atoms with van der Waals surface area (Å²) in [5, 5.41) is 5.52. The van der Waals surface area contributed by atoms with Crippen molar-refractivity contribution in [1.82, 2.24) is 4.90 Å². The van der Waals surface area contributed by atoms with E-state index < -0.39 is 0 Å². The minimum atomic E-state index is -0.124. The van der Waals surface area contributed by atoms with Crippen LogP contribution in [-0.4, -0.2) is 29.8 Å². The summed E-state index contributed by atoms with van der Waals surface area (Å²) in [5.41, 5.74) is 3.34. The van der Waals surface area contributed by atoms with Gasteiger partial charge in [-0.25, -0.2) is 0 Å². The molecule has 0 fully saturated rings. The van der Waals surface area contributed by atoms with Crippen LogP contribution in [0.2, 0.25) is 0 Å². The van der Waals surface area contributed by atoms with Crippen LogP contribution in [0.4, 0.5) is 5.00 Å². The standard InChI is InChI=1S/C23H24N2O2S/c1-3-25(4-2)23(27)21-19(18-13-9-6-10-14-18)16-28-22(21)24-20(26)15-17-11-7-5-8-12-17/h5-14,16H,3-4,15H2,1-2H3,(H,24,26). The first kappa shape index (κ1) is 19.8. The number of nitrogens with one attached hydrogen (secondary N) is 1. The number of hydrogen-bond acceptors (Lipinski definition) is 3. The molecular weight excluding hydrogens is 368 g/mol. The molecule has 0 unspecified atom stereocenters. The molecule has 28 heavy (non-hydrogen) atoms. The third kappa shape index (κ3) is 4.49. The SMILES string of the molecule is CCN(CC)C(=O)c1c(-c2ccccc2)csc1NC(=O)Cc1ccccc1. The van der Waals surface area contributed by atoms with E-state index in [-0.39, 0.29) is 18.2 Å². The molecule has 0 saturated heterocycles. The van der Waals surface area contributed by atoms with Gasteiger partial charge >= 0.3 is 0 Å². The molecule has 1 heterocycles. The minimum Gasteiger partial charge on any atom is -0.339 e. The van der Waals surface area contributed by atoms with Crippen LogP contribution < -0.4 is 5.32 Å². The first-order valence-electron chi connectivity index (χ1n) is 9.44. The van der Waals surface area contributed by atoms with E-state index in [1.54, 1.807) is 4.90 Å². The van der Waals surface area contributed by atoms with Crippen LogP contribution in [0, 0.1) is 0 Å². The van der Waals surface area contributed by atoms with Crippen molar-refractivity contribution in [3.63, 3.8) is 0 Å². The van der Waals surface area contributed by atoms with Gasteiger partial charge in [0.05, 0.1) is 12.0 Å². The molecule has 1 aromatic heterocycles. The number of carbonyl (C=O) groups excluding carboxylic acids is 2. The fourth-order valence-corrected chi connectivity index (χ4v) is 4.09. The van der Waals surface area contributed by atoms with Gasteiger partial charge in [0.1, 0.15) is 5.00 Å². The second-order valence-corrected chi connectivity index (χ2v) is 7.29. The van der Waals surface area contributed by atoms with Crippen LogP contribution in [0.25, 0.3) is 11.1 Å². The van der Waals surface area contributed by atoms with Crippen molar-refractivity contribution in [3.8, 4) is 11.1 Å². The van der Waals surface area contributed by atoms with Crippen LogP contribution in [0.3, 0.4) is 0 Å². The molecule has 2 amide bonds. The molecule has 2 aromatic carbocycles. The Labute approximate surface area is 169 Å². The molecule has 4 nitrogen and oxygen atoms in total. The van der Waals surface area contributed by atoms with Crippen LogP contribution in [0.1, 0.15) is 29.8 Å². The van der Waals surface area contributed by atoms with Gasteiger partial charge in [0.2, 0.25) is 5.91 Å². The Kier molecular flexibility index (Phi) is 6.61. The molecule has 0 aliphatic heterocycles. The number of hydrogen-bond donors (Lipinski definition) is 1. The van der Waals surface area contributed by atoms with Crippen LogP contribution >= 0.6 is 11.3 Å². The normalized spacial score (nSPS) is 10.5. The predicted molar refractivity (Wildman–Crippen MR) is 116 cm³/mol. The van der Waals surface area contributed by atoms with Gasteiger partial charge in [0.25, 0.3) is 5.91 Å². The number of rotatable bonds is 7. The quantitative estimate of drug-likeness (QED) is 0.610. The van der Waals surface area contributed by atoms with Crippen LogP contribution in [-0.2, 0) is 11.2 Å². The van der Waals surface area contributed by atoms with Crippen molar-refractivity contribution in [2.75, 3.05) is 18.4 Å². The molecule has 0 bridgehead atoms. The van der Waals surface area contributed by atoms with Gasteiger partial charge in [-0.05, 0) is 25.0 Å². The minimum absolute atomic E-state index is 0.0554. The smallest absolute Gasteiger partial charge is 0.257 e. The lowest BCUT2D eigenvalue weighted by atomic mass is 10.0. The highest BCUT2D eigenvalue weighted by Gasteiger charge is 2.24. The number of anilines is 1. The summed E-state index contributed by atoms with van der Waals surface area (Å²) in [6.45, 7) is 5.17. The van der Waals surface area contributed by atoms with E-state index in [2.05, 4.69) is 5.32 Å². The lowest BCUT2D eigenvalue weighted by Crippen LogP contribution is -2.31. The number of benzene rings is 2. The first-order valence-corrected chi connectivity index (χ1v) is 10.3. The Balaban J connectivity index is 1.93. The van der Waals surface area contributed by atoms with E-state index in [1.807, 2.05) is 79.9 Å². The van der Waals surface area contributed by atoms with Crippen molar-refractivity contribution in [1.29, 1.82) is 0 Å². The number of thiophene rings is 1. The average Bonchev–Trinajstić information content (AvgIpc) is 3.13. The van der Waals surface area contributed by atoms with Gasteiger partial charge in [-0.15, -0.1) is 11.3 Å². The summed E-state index contributed by atoms with van der Waals surface area (Å²) in [4.78, 5) is 27.6. The molecule has 0 spiro atoms. The highest BCUT2D eigenvalue weighted by atomic mass is 32.1. The molecule has 3 aromatic rings. The Morgan fingerprint density at radius 1 is 0.929 bits per heavy atom. The Bertz CT molecular complexity index is 932. The summed E-state index contributed by atoms with van der Waals surface area (Å²) in [5.74, 6) is -0.179. The van der Waals surface area contributed by atoms with Gasteiger partial charge in [0.15, 0.2) is 0 Å². The largest absolute Gasteiger partial charge is 0.339 e. The van der Waals surface area contributed by atoms with Crippen molar-refractivity contribution >= 4 is 28.2 Å². The van der Waals surface area contributed by atoms with Crippen molar-refractivity contribution < 1.29 is 9.59 Å². The Morgan fingerprint density at radius 2 is 1.54 bits per heavy atom. The summed E-state index contributed by atoms with van der Waals surface area (Å²) < 4.78 is 0. The fraction of sp³-hybridized carbons (Fsp3) is 0.217. The molecule has 0 aliphatic carbocycles. The zero-order chi connectivity index (χ0) is 19.9. The topological polar surface area (TPSA) is 49.4 Å².